The van der Waals surface area contributed by atoms with Crippen LogP contribution in [0.4, 0.5) is 0 Å². The van der Waals surface area contributed by atoms with E-state index >= 15 is 0 Å². The molecular weight excluding hydrogens is 845 g/mol. The molecule has 2 aliphatic carbocycles. The van der Waals surface area contributed by atoms with Gasteiger partial charge >= 0.3 is 0 Å². The molecule has 0 radical (unpaired) electrons. The highest BCUT2D eigenvalue weighted by molar-refractivity contribution is 6.14. The maximum absolute atomic E-state index is 5.76. The Labute approximate surface area is 406 Å². The van der Waals surface area contributed by atoms with E-state index in [2.05, 4.69) is 259 Å². The Bertz CT molecular complexity index is 4190. The minimum absolute atomic E-state index is 0.455. The zero-order chi connectivity index (χ0) is 45.9. The number of hydrogen-bond donors (Lipinski definition) is 0. The lowest BCUT2D eigenvalue weighted by atomic mass is 9.70. The second-order valence-electron chi connectivity index (χ2n) is 19.0. The predicted molar refractivity (Wildman–Crippen MR) is 292 cm³/mol. The topological polar surface area (TPSA) is 17.8 Å². The van der Waals surface area contributed by atoms with E-state index in [9.17, 15) is 0 Å². The quantitative estimate of drug-likeness (QED) is 0.157. The van der Waals surface area contributed by atoms with Gasteiger partial charge in [-0.1, -0.05) is 200 Å². The van der Waals surface area contributed by atoms with Crippen molar-refractivity contribution in [3.8, 4) is 72.7 Å². The third-order valence-corrected chi connectivity index (χ3v) is 15.4. The van der Waals surface area contributed by atoms with E-state index in [0.29, 0.717) is 0 Å². The molecule has 11 aromatic carbocycles. The summed E-state index contributed by atoms with van der Waals surface area (Å²) in [4.78, 5) is 5.76. The van der Waals surface area contributed by atoms with Crippen molar-refractivity contribution in [3.05, 3.63) is 277 Å². The molecule has 2 nitrogen and oxygen atoms in total. The number of para-hydroxylation sites is 2. The Balaban J connectivity index is 1.00. The van der Waals surface area contributed by atoms with Crippen LogP contribution in [-0.2, 0) is 5.41 Å². The third kappa shape index (κ3) is 5.53. The maximum atomic E-state index is 5.76. The van der Waals surface area contributed by atoms with E-state index in [0.717, 1.165) is 44.9 Å². The summed E-state index contributed by atoms with van der Waals surface area (Å²) in [5.74, 6) is 0. The lowest BCUT2D eigenvalue weighted by Crippen LogP contribution is -2.25. The van der Waals surface area contributed by atoms with Crippen LogP contribution in [0.25, 0.3) is 116 Å². The van der Waals surface area contributed by atoms with Crippen LogP contribution < -0.4 is 0 Å². The van der Waals surface area contributed by atoms with E-state index < -0.39 is 5.41 Å². The molecule has 2 heteroatoms. The fourth-order valence-corrected chi connectivity index (χ4v) is 12.4. The van der Waals surface area contributed by atoms with Gasteiger partial charge in [0.1, 0.15) is 0 Å². The van der Waals surface area contributed by atoms with E-state index in [1.54, 1.807) is 0 Å². The average Bonchev–Trinajstić information content (AvgIpc) is 4.05. The molecule has 0 amide bonds. The molecule has 0 saturated heterocycles. The van der Waals surface area contributed by atoms with Gasteiger partial charge in [-0.05, 0) is 143 Å². The molecule has 2 aromatic heterocycles. The van der Waals surface area contributed by atoms with Crippen molar-refractivity contribution in [3.63, 3.8) is 0 Å². The summed E-state index contributed by atoms with van der Waals surface area (Å²) in [5, 5.41) is 7.41. The van der Waals surface area contributed by atoms with Gasteiger partial charge in [0, 0.05) is 27.6 Å². The molecule has 0 saturated carbocycles. The molecule has 13 aromatic rings. The third-order valence-electron chi connectivity index (χ3n) is 15.4. The monoisotopic (exact) mass is 886 g/mol. The molecule has 324 valence electrons. The SMILES string of the molecule is c1ccc(-c2cc(-c3cc(-c4cc5ccccc5c5ccccc45)cc(-n4c5ccccc5c5ccccc54)c3)nc(-c3ccc4c(c3)C3(c5ccccc5-c5ccccc53)c3ccccc3-4)c2)cc1. The zero-order valence-electron chi connectivity index (χ0n) is 38.1. The van der Waals surface area contributed by atoms with Gasteiger partial charge in [-0.15, -0.1) is 0 Å². The molecule has 1 spiro atoms. The summed E-state index contributed by atoms with van der Waals surface area (Å²) in [6.07, 6.45) is 0. The molecule has 2 aliphatic rings. The normalized spacial score (nSPS) is 13.0. The van der Waals surface area contributed by atoms with Crippen LogP contribution in [0.15, 0.2) is 255 Å². The molecule has 2 heterocycles. The maximum Gasteiger partial charge on any atom is 0.0725 e. The van der Waals surface area contributed by atoms with Crippen LogP contribution in [0.3, 0.4) is 0 Å². The van der Waals surface area contributed by atoms with Crippen molar-refractivity contribution < 1.29 is 0 Å². The molecule has 0 N–H and O–H groups in total. The fraction of sp³-hybridized carbons (Fsp3) is 0.0147. The number of fused-ring (bicyclic) bond motifs is 16. The molecule has 15 rings (SSSR count). The zero-order valence-corrected chi connectivity index (χ0v) is 38.1. The molecule has 0 bridgehead atoms. The summed E-state index contributed by atoms with van der Waals surface area (Å²) in [7, 11) is 0. The summed E-state index contributed by atoms with van der Waals surface area (Å²) >= 11 is 0. The Kier molecular flexibility index (Phi) is 8.31. The summed E-state index contributed by atoms with van der Waals surface area (Å²) in [5.41, 5.74) is 22.0. The second kappa shape index (κ2) is 14.9. The van der Waals surface area contributed by atoms with Crippen molar-refractivity contribution in [1.82, 2.24) is 9.55 Å². The highest BCUT2D eigenvalue weighted by atomic mass is 15.0. The summed E-state index contributed by atoms with van der Waals surface area (Å²) < 4.78 is 2.44. The van der Waals surface area contributed by atoms with Gasteiger partial charge in [0.15, 0.2) is 0 Å². The second-order valence-corrected chi connectivity index (χ2v) is 19.0. The Morgan fingerprint density at radius 1 is 0.271 bits per heavy atom. The molecule has 0 aliphatic heterocycles. The van der Waals surface area contributed by atoms with Crippen LogP contribution >= 0.6 is 0 Å². The largest absolute Gasteiger partial charge is 0.309 e. The highest BCUT2D eigenvalue weighted by Crippen LogP contribution is 2.63. The first-order valence-electron chi connectivity index (χ1n) is 24.3. The molecule has 0 fully saturated rings. The molecule has 0 atom stereocenters. The van der Waals surface area contributed by atoms with E-state index in [-0.39, 0.29) is 0 Å². The van der Waals surface area contributed by atoms with E-state index in [1.165, 1.54) is 93.4 Å². The van der Waals surface area contributed by atoms with Crippen LogP contribution in [-0.4, -0.2) is 9.55 Å². The smallest absolute Gasteiger partial charge is 0.0725 e. The number of aromatic nitrogens is 2. The molecular formula is C68H42N2. The van der Waals surface area contributed by atoms with Crippen molar-refractivity contribution in [2.75, 3.05) is 0 Å². The highest BCUT2D eigenvalue weighted by Gasteiger charge is 2.51. The number of pyridine rings is 1. The first-order valence-corrected chi connectivity index (χ1v) is 24.3. The minimum atomic E-state index is -0.455. The van der Waals surface area contributed by atoms with Crippen molar-refractivity contribution in [1.29, 1.82) is 0 Å². The Hall–Kier alpha value is -9.11. The van der Waals surface area contributed by atoms with Gasteiger partial charge in [0.25, 0.3) is 0 Å². The fourth-order valence-electron chi connectivity index (χ4n) is 12.4. The first-order chi connectivity index (χ1) is 34.7. The summed E-state index contributed by atoms with van der Waals surface area (Å²) in [6.45, 7) is 0. The van der Waals surface area contributed by atoms with Crippen LogP contribution in [0.1, 0.15) is 22.3 Å². The lowest BCUT2D eigenvalue weighted by molar-refractivity contribution is 0.794. The van der Waals surface area contributed by atoms with Crippen LogP contribution in [0.2, 0.25) is 0 Å². The molecule has 0 unspecified atom stereocenters. The van der Waals surface area contributed by atoms with Crippen molar-refractivity contribution in [2.24, 2.45) is 0 Å². The van der Waals surface area contributed by atoms with Crippen molar-refractivity contribution in [2.45, 2.75) is 5.41 Å². The molecule has 70 heavy (non-hydrogen) atoms. The Morgan fingerprint density at radius 3 is 1.43 bits per heavy atom. The van der Waals surface area contributed by atoms with Gasteiger partial charge < -0.3 is 4.57 Å². The summed E-state index contributed by atoms with van der Waals surface area (Å²) in [6, 6.07) is 94.3. The number of hydrogen-bond acceptors (Lipinski definition) is 1. The number of nitrogens with zero attached hydrogens (tertiary/aromatic N) is 2. The van der Waals surface area contributed by atoms with Gasteiger partial charge in [-0.3, -0.25) is 0 Å². The van der Waals surface area contributed by atoms with E-state index in [4.69, 9.17) is 4.98 Å². The van der Waals surface area contributed by atoms with Gasteiger partial charge in [0.2, 0.25) is 0 Å². The van der Waals surface area contributed by atoms with Gasteiger partial charge in [0.05, 0.1) is 27.8 Å². The van der Waals surface area contributed by atoms with Crippen LogP contribution in [0, 0.1) is 0 Å². The Morgan fingerprint density at radius 2 is 0.771 bits per heavy atom. The minimum Gasteiger partial charge on any atom is -0.309 e. The van der Waals surface area contributed by atoms with Crippen molar-refractivity contribution >= 4 is 43.4 Å². The lowest BCUT2D eigenvalue weighted by Gasteiger charge is -2.30. The number of rotatable bonds is 5. The number of benzene rings is 11. The predicted octanol–water partition coefficient (Wildman–Crippen LogP) is 17.5. The van der Waals surface area contributed by atoms with Gasteiger partial charge in [-0.25, -0.2) is 4.98 Å². The van der Waals surface area contributed by atoms with Gasteiger partial charge in [-0.2, -0.15) is 0 Å². The van der Waals surface area contributed by atoms with Crippen LogP contribution in [0.5, 0.6) is 0 Å². The standard InChI is InChI=1S/C68H42N2/c1-2-18-43(19-3-1)46-41-64(45-34-35-56-55-26-10-15-31-62(55)68(63(56)40-45)60-29-13-8-24-53(60)54-25-9-14-30-61(54)68)69-65(42-46)48-36-47(59-39-44-20-4-5-21-50(44)51-22-6-7-23-52(51)59)37-49(38-48)70-66-32-16-11-27-57(66)58-28-12-17-33-67(58)70/h1-42H. The van der Waals surface area contributed by atoms with E-state index in [1.807, 2.05) is 0 Å². The average molecular weight is 887 g/mol. The first kappa shape index (κ1) is 38.9.